The zero-order valence-electron chi connectivity index (χ0n) is 21.1. The van der Waals surface area contributed by atoms with E-state index in [4.69, 9.17) is 30.9 Å². The molecule has 1 rings (SSSR count). The molecule has 0 unspecified atom stereocenters. The van der Waals surface area contributed by atoms with Gasteiger partial charge in [-0.05, 0) is 60.0 Å². The number of carbonyl (C=O) groups is 2. The molecule has 0 aliphatic carbocycles. The van der Waals surface area contributed by atoms with E-state index in [2.05, 4.69) is 0 Å². The summed E-state index contributed by atoms with van der Waals surface area (Å²) in [5.41, 5.74) is -1.54. The van der Waals surface area contributed by atoms with E-state index in [1.807, 2.05) is 32.9 Å². The van der Waals surface area contributed by atoms with E-state index >= 15 is 0 Å². The van der Waals surface area contributed by atoms with Crippen LogP contribution >= 0.6 is 11.6 Å². The first-order valence-electron chi connectivity index (χ1n) is 12.2. The second-order valence-electron chi connectivity index (χ2n) is 10.0. The van der Waals surface area contributed by atoms with Crippen LogP contribution < -0.4 is 0 Å². The van der Waals surface area contributed by atoms with Crippen LogP contribution in [0.1, 0.15) is 92.4 Å². The molecule has 1 fully saturated rings. The highest BCUT2D eigenvalue weighted by Crippen LogP contribution is 2.32. The highest BCUT2D eigenvalue weighted by molar-refractivity contribution is 6.26. The van der Waals surface area contributed by atoms with E-state index in [-0.39, 0.29) is 19.1 Å². The lowest BCUT2D eigenvalue weighted by molar-refractivity contribution is -0.146. The van der Waals surface area contributed by atoms with Gasteiger partial charge in [0.25, 0.3) is 0 Å². The first-order valence-corrected chi connectivity index (χ1v) is 12.7. The number of halogens is 1. The summed E-state index contributed by atoms with van der Waals surface area (Å²) in [6.45, 7) is 9.54. The number of unbranched alkanes of at least 4 members (excludes halogenated alkanes) is 8. The average Bonchev–Trinajstić information content (AvgIpc) is 3.04. The molecule has 1 N–H and O–H groups in total. The van der Waals surface area contributed by atoms with Gasteiger partial charge in [0.05, 0.1) is 6.61 Å². The van der Waals surface area contributed by atoms with Crippen LogP contribution in [0.2, 0.25) is 0 Å². The minimum atomic E-state index is -0.885. The van der Waals surface area contributed by atoms with Crippen LogP contribution in [0.15, 0.2) is 12.2 Å². The summed E-state index contributed by atoms with van der Waals surface area (Å²) < 4.78 is 17.0. The second-order valence-corrected chi connectivity index (χ2v) is 10.3. The van der Waals surface area contributed by atoms with E-state index < -0.39 is 35.5 Å². The van der Waals surface area contributed by atoms with Crippen LogP contribution in [-0.4, -0.2) is 64.6 Å². The van der Waals surface area contributed by atoms with Crippen LogP contribution in [0.25, 0.3) is 0 Å². The Bertz CT molecular complexity index is 617. The Balaban J connectivity index is 2.66. The SMILES string of the molecule is CC(C)(C)OC(=O)N1[C@H]([C@@H](C=CCCCCCCCCCCO)OC(=O)CCl)COC1(C)C. The van der Waals surface area contributed by atoms with E-state index in [0.717, 1.165) is 32.1 Å². The van der Waals surface area contributed by atoms with Gasteiger partial charge in [-0.15, -0.1) is 11.6 Å². The largest absolute Gasteiger partial charge is 0.455 e. The van der Waals surface area contributed by atoms with Crippen LogP contribution in [-0.2, 0) is 19.0 Å². The molecule has 0 aromatic heterocycles. The Morgan fingerprint density at radius 3 is 2.24 bits per heavy atom. The molecule has 33 heavy (non-hydrogen) atoms. The van der Waals surface area contributed by atoms with Gasteiger partial charge in [-0.3, -0.25) is 9.69 Å². The van der Waals surface area contributed by atoms with Gasteiger partial charge in [-0.1, -0.05) is 44.6 Å². The van der Waals surface area contributed by atoms with Crippen molar-refractivity contribution in [3.63, 3.8) is 0 Å². The van der Waals surface area contributed by atoms with Crippen LogP contribution in [0, 0.1) is 0 Å². The first-order chi connectivity index (χ1) is 15.5. The highest BCUT2D eigenvalue weighted by atomic mass is 35.5. The summed E-state index contributed by atoms with van der Waals surface area (Å²) in [6.07, 6.45) is 12.5. The number of allylic oxidation sites excluding steroid dienone is 1. The van der Waals surface area contributed by atoms with Crippen molar-refractivity contribution in [2.45, 2.75) is 116 Å². The Morgan fingerprint density at radius 2 is 1.70 bits per heavy atom. The predicted molar refractivity (Wildman–Crippen MR) is 130 cm³/mol. The number of ether oxygens (including phenoxy) is 3. The molecule has 8 heteroatoms. The molecular weight excluding hydrogens is 446 g/mol. The van der Waals surface area contributed by atoms with Gasteiger partial charge < -0.3 is 19.3 Å². The van der Waals surface area contributed by atoms with Crippen molar-refractivity contribution in [3.8, 4) is 0 Å². The Morgan fingerprint density at radius 1 is 1.12 bits per heavy atom. The number of nitrogens with zero attached hydrogens (tertiary/aromatic N) is 1. The minimum Gasteiger partial charge on any atom is -0.455 e. The Labute approximate surface area is 204 Å². The van der Waals surface area contributed by atoms with Crippen molar-refractivity contribution in [1.29, 1.82) is 0 Å². The summed E-state index contributed by atoms with van der Waals surface area (Å²) >= 11 is 5.67. The third-order valence-electron chi connectivity index (χ3n) is 5.47. The lowest BCUT2D eigenvalue weighted by Gasteiger charge is -2.36. The molecule has 192 valence electrons. The number of amides is 1. The van der Waals surface area contributed by atoms with Crippen molar-refractivity contribution >= 4 is 23.7 Å². The molecular formula is C25H44ClNO6. The van der Waals surface area contributed by atoms with Crippen molar-refractivity contribution < 1.29 is 28.9 Å². The zero-order chi connectivity index (χ0) is 24.9. The molecule has 2 atom stereocenters. The number of carbonyl (C=O) groups excluding carboxylic acids is 2. The standard InChI is InChI=1S/C25H44ClNO6/c1-24(2,3)33-23(30)27-20(19-31-25(27,4)5)21(32-22(29)18-26)16-14-12-10-8-6-7-9-11-13-15-17-28/h14,16,20-21,28H,6-13,15,17-19H2,1-5H3/t20-,21+/m0/s1. The van der Waals surface area contributed by atoms with Crippen LogP contribution in [0.3, 0.4) is 0 Å². The van der Waals surface area contributed by atoms with Crippen molar-refractivity contribution in [2.75, 3.05) is 19.1 Å². The quantitative estimate of drug-likeness (QED) is 0.148. The van der Waals surface area contributed by atoms with Gasteiger partial charge in [-0.2, -0.15) is 0 Å². The lowest BCUT2D eigenvalue weighted by Crippen LogP contribution is -2.53. The monoisotopic (exact) mass is 489 g/mol. The maximum Gasteiger partial charge on any atom is 0.413 e. The molecule has 1 heterocycles. The van der Waals surface area contributed by atoms with Crippen molar-refractivity contribution in [1.82, 2.24) is 4.90 Å². The molecule has 0 radical (unpaired) electrons. The van der Waals surface area contributed by atoms with Gasteiger partial charge in [0, 0.05) is 6.61 Å². The van der Waals surface area contributed by atoms with Gasteiger partial charge in [-0.25, -0.2) is 4.79 Å². The van der Waals surface area contributed by atoms with Gasteiger partial charge in [0.1, 0.15) is 29.4 Å². The molecule has 1 aliphatic rings. The summed E-state index contributed by atoms with van der Waals surface area (Å²) in [4.78, 5) is 26.4. The molecule has 0 spiro atoms. The molecule has 1 amide bonds. The Kier molecular flexibility index (Phi) is 13.4. The molecule has 7 nitrogen and oxygen atoms in total. The molecule has 0 saturated carbocycles. The fourth-order valence-electron chi connectivity index (χ4n) is 3.84. The molecule has 1 aliphatic heterocycles. The third kappa shape index (κ3) is 11.6. The summed E-state index contributed by atoms with van der Waals surface area (Å²) in [7, 11) is 0. The maximum atomic E-state index is 12.9. The maximum absolute atomic E-state index is 12.9. The fourth-order valence-corrected chi connectivity index (χ4v) is 3.90. The second kappa shape index (κ2) is 14.8. The average molecular weight is 490 g/mol. The van der Waals surface area contributed by atoms with E-state index in [0.29, 0.717) is 0 Å². The Hall–Kier alpha value is -1.31. The number of alkyl halides is 1. The summed E-state index contributed by atoms with van der Waals surface area (Å²) in [5, 5.41) is 8.80. The topological polar surface area (TPSA) is 85.3 Å². The predicted octanol–water partition coefficient (Wildman–Crippen LogP) is 5.57. The fraction of sp³-hybridized carbons (Fsp3) is 0.840. The van der Waals surface area contributed by atoms with Crippen LogP contribution in [0.4, 0.5) is 4.79 Å². The highest BCUT2D eigenvalue weighted by Gasteiger charge is 2.49. The van der Waals surface area contributed by atoms with E-state index in [9.17, 15) is 9.59 Å². The number of hydrogen-bond donors (Lipinski definition) is 1. The van der Waals surface area contributed by atoms with Gasteiger partial charge in [0.15, 0.2) is 0 Å². The van der Waals surface area contributed by atoms with Crippen molar-refractivity contribution in [3.05, 3.63) is 12.2 Å². The van der Waals surface area contributed by atoms with Gasteiger partial charge in [0.2, 0.25) is 0 Å². The van der Waals surface area contributed by atoms with Crippen molar-refractivity contribution in [2.24, 2.45) is 0 Å². The third-order valence-corrected chi connectivity index (χ3v) is 5.69. The number of rotatable bonds is 14. The summed E-state index contributed by atoms with van der Waals surface area (Å²) in [5.74, 6) is -0.798. The lowest BCUT2D eigenvalue weighted by atomic mass is 10.1. The number of esters is 1. The number of aliphatic hydroxyl groups excluding tert-OH is 1. The van der Waals surface area contributed by atoms with Gasteiger partial charge >= 0.3 is 12.1 Å². The molecule has 1 saturated heterocycles. The van der Waals surface area contributed by atoms with E-state index in [1.165, 1.54) is 30.6 Å². The summed E-state index contributed by atoms with van der Waals surface area (Å²) in [6, 6.07) is -0.503. The molecule has 0 aromatic rings. The zero-order valence-corrected chi connectivity index (χ0v) is 21.9. The smallest absolute Gasteiger partial charge is 0.413 e. The first kappa shape index (κ1) is 29.7. The number of aliphatic hydroxyl groups is 1. The molecule has 0 bridgehead atoms. The molecule has 0 aromatic carbocycles. The minimum absolute atomic E-state index is 0.229. The van der Waals surface area contributed by atoms with E-state index in [1.54, 1.807) is 13.8 Å². The number of hydrogen-bond acceptors (Lipinski definition) is 6. The van der Waals surface area contributed by atoms with Crippen LogP contribution in [0.5, 0.6) is 0 Å². The normalized spacial score (nSPS) is 19.1.